The number of rotatable bonds is 4. The Balaban J connectivity index is 1.39. The second kappa shape index (κ2) is 6.83. The van der Waals surface area contributed by atoms with Crippen LogP contribution in [0.15, 0.2) is 0 Å². The fraction of sp³-hybridized carbons (Fsp3) is 0.947. The van der Waals surface area contributed by atoms with Crippen molar-refractivity contribution in [2.75, 3.05) is 32.7 Å². The Morgan fingerprint density at radius 1 is 1.21 bits per heavy atom. The van der Waals surface area contributed by atoms with Gasteiger partial charge in [0.05, 0.1) is 0 Å². The van der Waals surface area contributed by atoms with E-state index in [9.17, 15) is 4.79 Å². The van der Waals surface area contributed by atoms with E-state index < -0.39 is 5.60 Å². The molecule has 2 heterocycles. The van der Waals surface area contributed by atoms with Crippen LogP contribution in [0.4, 0.5) is 4.79 Å². The molecular formula is C19H35N3O2. The van der Waals surface area contributed by atoms with Gasteiger partial charge < -0.3 is 19.9 Å². The maximum Gasteiger partial charge on any atom is 0.410 e. The molecule has 0 aromatic carbocycles. The van der Waals surface area contributed by atoms with Crippen LogP contribution in [0.3, 0.4) is 0 Å². The van der Waals surface area contributed by atoms with Gasteiger partial charge in [-0.1, -0.05) is 6.92 Å². The maximum absolute atomic E-state index is 12.1. The summed E-state index contributed by atoms with van der Waals surface area (Å²) in [5, 5.41) is 3.87. The Hall–Kier alpha value is -0.810. The standard InChI is InChI=1S/C19H35N3O2/c1-6-21-9-7-14(8-10-21)13(2)20-17-15-11-22(12-16(15)17)18(23)24-19(3,4)5/h13-17,20H,6-12H2,1-5H3. The Kier molecular flexibility index (Phi) is 5.12. The third kappa shape index (κ3) is 4.05. The first kappa shape index (κ1) is 18.0. The molecule has 0 aromatic heterocycles. The topological polar surface area (TPSA) is 44.8 Å². The Bertz CT molecular complexity index is 442. The lowest BCUT2D eigenvalue weighted by Crippen LogP contribution is -2.45. The number of amides is 1. The van der Waals surface area contributed by atoms with E-state index in [-0.39, 0.29) is 6.09 Å². The van der Waals surface area contributed by atoms with Gasteiger partial charge in [0, 0.05) is 25.2 Å². The number of nitrogens with zero attached hydrogens (tertiary/aromatic N) is 2. The van der Waals surface area contributed by atoms with Gasteiger partial charge in [0.15, 0.2) is 0 Å². The van der Waals surface area contributed by atoms with Crippen molar-refractivity contribution in [1.82, 2.24) is 15.1 Å². The molecule has 0 spiro atoms. The third-order valence-electron chi connectivity index (χ3n) is 6.09. The molecule has 3 atom stereocenters. The smallest absolute Gasteiger partial charge is 0.410 e. The molecule has 5 heteroatoms. The predicted molar refractivity (Wildman–Crippen MR) is 96.0 cm³/mol. The number of hydrogen-bond donors (Lipinski definition) is 1. The Morgan fingerprint density at radius 2 is 1.79 bits per heavy atom. The monoisotopic (exact) mass is 337 g/mol. The zero-order valence-electron chi connectivity index (χ0n) is 16.0. The summed E-state index contributed by atoms with van der Waals surface area (Å²) in [5.41, 5.74) is -0.399. The highest BCUT2D eigenvalue weighted by atomic mass is 16.6. The lowest BCUT2D eigenvalue weighted by atomic mass is 9.90. The summed E-state index contributed by atoms with van der Waals surface area (Å²) in [6.07, 6.45) is 2.48. The summed E-state index contributed by atoms with van der Waals surface area (Å²) >= 11 is 0. The summed E-state index contributed by atoms with van der Waals surface area (Å²) in [7, 11) is 0. The molecule has 0 bridgehead atoms. The molecule has 24 heavy (non-hydrogen) atoms. The lowest BCUT2D eigenvalue weighted by Gasteiger charge is -2.35. The van der Waals surface area contributed by atoms with E-state index in [1.807, 2.05) is 25.7 Å². The molecule has 1 saturated carbocycles. The second-order valence-corrected chi connectivity index (χ2v) is 8.97. The van der Waals surface area contributed by atoms with Gasteiger partial charge in [0.2, 0.25) is 0 Å². The molecule has 3 aliphatic rings. The van der Waals surface area contributed by atoms with Crippen LogP contribution in [-0.4, -0.2) is 66.3 Å². The van der Waals surface area contributed by atoms with Crippen LogP contribution < -0.4 is 5.32 Å². The number of nitrogens with one attached hydrogen (secondary N) is 1. The van der Waals surface area contributed by atoms with Gasteiger partial charge in [0.25, 0.3) is 0 Å². The zero-order valence-corrected chi connectivity index (χ0v) is 16.0. The average Bonchev–Trinajstić information content (AvgIpc) is 2.96. The molecule has 2 saturated heterocycles. The highest BCUT2D eigenvalue weighted by Crippen LogP contribution is 2.46. The summed E-state index contributed by atoms with van der Waals surface area (Å²) < 4.78 is 5.48. The van der Waals surface area contributed by atoms with Crippen LogP contribution in [0.25, 0.3) is 0 Å². The van der Waals surface area contributed by atoms with Crippen molar-refractivity contribution in [1.29, 1.82) is 0 Å². The molecule has 0 radical (unpaired) electrons. The molecule has 3 rings (SSSR count). The van der Waals surface area contributed by atoms with E-state index in [0.29, 0.717) is 23.9 Å². The second-order valence-electron chi connectivity index (χ2n) is 8.97. The summed E-state index contributed by atoms with van der Waals surface area (Å²) in [4.78, 5) is 16.6. The molecule has 1 aliphatic carbocycles. The van der Waals surface area contributed by atoms with E-state index in [1.54, 1.807) is 0 Å². The van der Waals surface area contributed by atoms with Crippen LogP contribution in [0.2, 0.25) is 0 Å². The fourth-order valence-corrected chi connectivity index (χ4v) is 4.46. The quantitative estimate of drug-likeness (QED) is 0.856. The van der Waals surface area contributed by atoms with Crippen molar-refractivity contribution in [2.24, 2.45) is 17.8 Å². The summed E-state index contributed by atoms with van der Waals surface area (Å²) in [5.74, 6) is 2.07. The minimum absolute atomic E-state index is 0.145. The first-order valence-electron chi connectivity index (χ1n) is 9.75. The molecule has 1 N–H and O–H groups in total. The molecular weight excluding hydrogens is 302 g/mol. The minimum atomic E-state index is -0.399. The number of fused-ring (bicyclic) bond motifs is 1. The highest BCUT2D eigenvalue weighted by Gasteiger charge is 2.57. The van der Waals surface area contributed by atoms with Crippen LogP contribution in [0.5, 0.6) is 0 Å². The van der Waals surface area contributed by atoms with E-state index in [1.165, 1.54) is 32.5 Å². The van der Waals surface area contributed by atoms with Gasteiger partial charge in [-0.25, -0.2) is 4.79 Å². The van der Waals surface area contributed by atoms with Crippen molar-refractivity contribution >= 4 is 6.09 Å². The number of piperidine rings is 2. The number of carbonyl (C=O) groups excluding carboxylic acids is 1. The van der Waals surface area contributed by atoms with Crippen LogP contribution in [-0.2, 0) is 4.74 Å². The normalized spacial score (nSPS) is 32.5. The van der Waals surface area contributed by atoms with Crippen molar-refractivity contribution in [3.05, 3.63) is 0 Å². The van der Waals surface area contributed by atoms with Crippen molar-refractivity contribution < 1.29 is 9.53 Å². The highest BCUT2D eigenvalue weighted by molar-refractivity contribution is 5.69. The predicted octanol–water partition coefficient (Wildman–Crippen LogP) is 2.56. The SMILES string of the molecule is CCN1CCC(C(C)NC2C3CN(C(=O)OC(C)(C)C)CC32)CC1. The van der Waals surface area contributed by atoms with Gasteiger partial charge in [-0.15, -0.1) is 0 Å². The number of ether oxygens (including phenoxy) is 1. The van der Waals surface area contributed by atoms with Gasteiger partial charge in [0.1, 0.15) is 5.60 Å². The first-order chi connectivity index (χ1) is 11.3. The van der Waals surface area contributed by atoms with E-state index in [2.05, 4.69) is 24.1 Å². The van der Waals surface area contributed by atoms with Gasteiger partial charge in [-0.3, -0.25) is 0 Å². The lowest BCUT2D eigenvalue weighted by molar-refractivity contribution is 0.0268. The summed E-state index contributed by atoms with van der Waals surface area (Å²) in [6.45, 7) is 15.8. The molecule has 0 aromatic rings. The van der Waals surface area contributed by atoms with E-state index >= 15 is 0 Å². The Labute approximate surface area is 147 Å². The molecule has 3 unspecified atom stereocenters. The minimum Gasteiger partial charge on any atom is -0.444 e. The molecule has 5 nitrogen and oxygen atoms in total. The molecule has 2 aliphatic heterocycles. The molecule has 138 valence electrons. The maximum atomic E-state index is 12.1. The average molecular weight is 338 g/mol. The Morgan fingerprint density at radius 3 is 2.29 bits per heavy atom. The summed E-state index contributed by atoms with van der Waals surface area (Å²) in [6, 6.07) is 1.21. The zero-order chi connectivity index (χ0) is 17.5. The fourth-order valence-electron chi connectivity index (χ4n) is 4.46. The van der Waals surface area contributed by atoms with Gasteiger partial charge in [-0.2, -0.15) is 0 Å². The van der Waals surface area contributed by atoms with Crippen molar-refractivity contribution in [3.63, 3.8) is 0 Å². The van der Waals surface area contributed by atoms with Gasteiger partial charge >= 0.3 is 6.09 Å². The number of carbonyl (C=O) groups is 1. The van der Waals surface area contributed by atoms with Crippen LogP contribution >= 0.6 is 0 Å². The van der Waals surface area contributed by atoms with Crippen molar-refractivity contribution in [3.8, 4) is 0 Å². The van der Waals surface area contributed by atoms with Crippen LogP contribution in [0.1, 0.15) is 47.5 Å². The number of likely N-dealkylation sites (tertiary alicyclic amines) is 2. The van der Waals surface area contributed by atoms with E-state index in [4.69, 9.17) is 4.74 Å². The molecule has 3 fully saturated rings. The van der Waals surface area contributed by atoms with Crippen LogP contribution in [0, 0.1) is 17.8 Å². The first-order valence-corrected chi connectivity index (χ1v) is 9.75. The van der Waals surface area contributed by atoms with E-state index in [0.717, 1.165) is 19.0 Å². The largest absolute Gasteiger partial charge is 0.444 e. The number of hydrogen-bond acceptors (Lipinski definition) is 4. The van der Waals surface area contributed by atoms with Crippen molar-refractivity contribution in [2.45, 2.75) is 65.1 Å². The molecule has 1 amide bonds. The van der Waals surface area contributed by atoms with Gasteiger partial charge in [-0.05, 0) is 77.9 Å². The third-order valence-corrected chi connectivity index (χ3v) is 6.09.